The van der Waals surface area contributed by atoms with Crippen molar-refractivity contribution in [3.05, 3.63) is 57.9 Å². The van der Waals surface area contributed by atoms with E-state index in [0.717, 1.165) is 38.8 Å². The molecule has 2 atom stereocenters. The number of hydrogen-bond acceptors (Lipinski definition) is 7. The van der Waals surface area contributed by atoms with Gasteiger partial charge in [-0.2, -0.15) is 0 Å². The van der Waals surface area contributed by atoms with E-state index >= 15 is 0 Å². The van der Waals surface area contributed by atoms with E-state index in [1.54, 1.807) is 43.3 Å². The van der Waals surface area contributed by atoms with Crippen LogP contribution in [0.4, 0.5) is 5.69 Å². The molecule has 11 heteroatoms. The molecule has 2 heterocycles. The lowest BCUT2D eigenvalue weighted by Gasteiger charge is -2.25. The molecule has 1 saturated heterocycles. The lowest BCUT2D eigenvalue weighted by molar-refractivity contribution is -0.141. The first-order chi connectivity index (χ1) is 25.1. The van der Waals surface area contributed by atoms with Crippen molar-refractivity contribution in [1.29, 1.82) is 0 Å². The standard InChI is InChI=1S/C41H57ClN4O6/c1-5-7-8-9-10-11-12-13-14-15-16-17-38(47)43-30-18-20-33(36(42)24-30)35-26-40(49)52-37-25-32(19-21-34(35)37)51-29(3)41(50)46(6-2)28-39(48)44-31-22-23-45(4)27-31/h18-21,24-26,29,31H,5-17,22-23,27-28H2,1-4H3,(H,43,47)(H,44,48). The summed E-state index contributed by atoms with van der Waals surface area (Å²) in [4.78, 5) is 54.8. The van der Waals surface area contributed by atoms with Crippen LogP contribution in [0.15, 0.2) is 51.7 Å². The summed E-state index contributed by atoms with van der Waals surface area (Å²) in [5.41, 5.74) is 1.48. The van der Waals surface area contributed by atoms with E-state index in [2.05, 4.69) is 22.5 Å². The van der Waals surface area contributed by atoms with Crippen molar-refractivity contribution in [3.8, 4) is 16.9 Å². The molecular formula is C41H57ClN4O6. The summed E-state index contributed by atoms with van der Waals surface area (Å²) in [5, 5.41) is 6.96. The molecule has 10 nitrogen and oxygen atoms in total. The second kappa shape index (κ2) is 21.0. The van der Waals surface area contributed by atoms with Crippen molar-refractivity contribution in [2.75, 3.05) is 38.5 Å². The predicted octanol–water partition coefficient (Wildman–Crippen LogP) is 8.19. The van der Waals surface area contributed by atoms with E-state index < -0.39 is 11.7 Å². The number of rotatable bonds is 21. The minimum atomic E-state index is -0.884. The maximum Gasteiger partial charge on any atom is 0.336 e. The van der Waals surface area contributed by atoms with Gasteiger partial charge in [0.05, 0.1) is 11.6 Å². The molecule has 3 amide bonds. The topological polar surface area (TPSA) is 121 Å². The van der Waals surface area contributed by atoms with Crippen LogP contribution in [0, 0.1) is 0 Å². The number of benzene rings is 2. The van der Waals surface area contributed by atoms with Crippen LogP contribution in [0.2, 0.25) is 5.02 Å². The van der Waals surface area contributed by atoms with Crippen LogP contribution in [0.25, 0.3) is 22.1 Å². The number of nitrogens with zero attached hydrogens (tertiary/aromatic N) is 2. The van der Waals surface area contributed by atoms with Gasteiger partial charge in [0, 0.05) is 59.9 Å². The van der Waals surface area contributed by atoms with E-state index in [4.69, 9.17) is 20.8 Å². The number of ether oxygens (including phenoxy) is 1. The average Bonchev–Trinajstić information content (AvgIpc) is 3.52. The molecule has 52 heavy (non-hydrogen) atoms. The second-order valence-corrected chi connectivity index (χ2v) is 14.5. The minimum absolute atomic E-state index is 0.0479. The van der Waals surface area contributed by atoms with Gasteiger partial charge in [0.1, 0.15) is 11.3 Å². The Balaban J connectivity index is 1.30. The van der Waals surface area contributed by atoms with E-state index in [9.17, 15) is 19.2 Å². The van der Waals surface area contributed by atoms with Gasteiger partial charge in [0.25, 0.3) is 5.91 Å². The fourth-order valence-electron chi connectivity index (χ4n) is 6.78. The van der Waals surface area contributed by atoms with Crippen LogP contribution in [-0.4, -0.2) is 72.9 Å². The van der Waals surface area contributed by atoms with Crippen LogP contribution < -0.4 is 21.0 Å². The van der Waals surface area contributed by atoms with E-state index in [0.29, 0.717) is 45.9 Å². The molecule has 0 radical (unpaired) electrons. The van der Waals surface area contributed by atoms with Crippen molar-refractivity contribution in [2.24, 2.45) is 0 Å². The summed E-state index contributed by atoms with van der Waals surface area (Å²) in [6.45, 7) is 7.71. The summed E-state index contributed by atoms with van der Waals surface area (Å²) in [6.07, 6.45) is 14.0. The van der Waals surface area contributed by atoms with Crippen molar-refractivity contribution >= 4 is 46.0 Å². The number of anilines is 1. The number of likely N-dealkylation sites (tertiary alicyclic amines) is 1. The largest absolute Gasteiger partial charge is 0.481 e. The third-order valence-electron chi connectivity index (χ3n) is 9.71. The molecule has 2 N–H and O–H groups in total. The van der Waals surface area contributed by atoms with Crippen LogP contribution in [-0.2, 0) is 14.4 Å². The number of hydrogen-bond donors (Lipinski definition) is 2. The normalized spacial score (nSPS) is 15.1. The van der Waals surface area contributed by atoms with Gasteiger partial charge >= 0.3 is 5.63 Å². The summed E-state index contributed by atoms with van der Waals surface area (Å²) in [7, 11) is 2.02. The molecular weight excluding hydrogens is 680 g/mol. The zero-order chi connectivity index (χ0) is 37.5. The molecule has 3 aromatic rings. The maximum absolute atomic E-state index is 13.2. The van der Waals surface area contributed by atoms with Crippen LogP contribution >= 0.6 is 11.6 Å². The number of amides is 3. The van der Waals surface area contributed by atoms with Crippen LogP contribution in [0.5, 0.6) is 5.75 Å². The maximum atomic E-state index is 13.2. The molecule has 1 aliphatic heterocycles. The van der Waals surface area contributed by atoms with Gasteiger partial charge in [0.2, 0.25) is 11.8 Å². The number of halogens is 1. The Morgan fingerprint density at radius 3 is 2.25 bits per heavy atom. The number of carbonyl (C=O) groups excluding carboxylic acids is 3. The first kappa shape index (κ1) is 40.9. The molecule has 0 spiro atoms. The Labute approximate surface area is 313 Å². The SMILES string of the molecule is CCCCCCCCCCCCCC(=O)Nc1ccc(-c2cc(=O)oc3cc(OC(C)C(=O)N(CC)CC(=O)NC4CCN(C)C4)ccc23)c(Cl)c1. The fourth-order valence-corrected chi connectivity index (χ4v) is 7.06. The van der Waals surface area contributed by atoms with Gasteiger partial charge in [-0.05, 0) is 64.5 Å². The van der Waals surface area contributed by atoms with E-state index in [-0.39, 0.29) is 35.9 Å². The number of likely N-dealkylation sites (N-methyl/N-ethyl adjacent to an activating group) is 2. The van der Waals surface area contributed by atoms with Gasteiger partial charge in [0.15, 0.2) is 6.10 Å². The third-order valence-corrected chi connectivity index (χ3v) is 10.0. The molecule has 284 valence electrons. The van der Waals surface area contributed by atoms with Gasteiger partial charge in [-0.1, -0.05) is 88.8 Å². The molecule has 1 fully saturated rings. The Hall–Kier alpha value is -3.89. The Bertz CT molecular complexity index is 1690. The molecule has 1 aliphatic rings. The highest BCUT2D eigenvalue weighted by molar-refractivity contribution is 6.34. The van der Waals surface area contributed by atoms with Gasteiger partial charge in [-0.15, -0.1) is 0 Å². The Morgan fingerprint density at radius 1 is 0.923 bits per heavy atom. The quantitative estimate of drug-likeness (QED) is 0.0836. The summed E-state index contributed by atoms with van der Waals surface area (Å²) in [6, 6.07) is 11.7. The highest BCUT2D eigenvalue weighted by atomic mass is 35.5. The zero-order valence-corrected chi connectivity index (χ0v) is 32.2. The predicted molar refractivity (Wildman–Crippen MR) is 209 cm³/mol. The van der Waals surface area contributed by atoms with E-state index in [1.807, 2.05) is 14.0 Å². The van der Waals surface area contributed by atoms with Gasteiger partial charge in [-0.3, -0.25) is 14.4 Å². The molecule has 4 rings (SSSR count). The number of fused-ring (bicyclic) bond motifs is 1. The third kappa shape index (κ3) is 12.7. The fraction of sp³-hybridized carbons (Fsp3) is 0.561. The van der Waals surface area contributed by atoms with Crippen molar-refractivity contribution in [2.45, 2.75) is 116 Å². The molecule has 2 aromatic carbocycles. The molecule has 0 aliphatic carbocycles. The molecule has 2 unspecified atom stereocenters. The first-order valence-electron chi connectivity index (χ1n) is 19.2. The highest BCUT2D eigenvalue weighted by Gasteiger charge is 2.26. The zero-order valence-electron chi connectivity index (χ0n) is 31.4. The highest BCUT2D eigenvalue weighted by Crippen LogP contribution is 2.35. The Morgan fingerprint density at radius 2 is 1.62 bits per heavy atom. The lowest BCUT2D eigenvalue weighted by atomic mass is 10.0. The lowest BCUT2D eigenvalue weighted by Crippen LogP contribution is -2.48. The van der Waals surface area contributed by atoms with E-state index in [1.165, 1.54) is 62.3 Å². The average molecular weight is 737 g/mol. The monoisotopic (exact) mass is 736 g/mol. The van der Waals surface area contributed by atoms with Crippen molar-refractivity contribution < 1.29 is 23.5 Å². The summed E-state index contributed by atoms with van der Waals surface area (Å²) < 4.78 is 11.5. The summed E-state index contributed by atoms with van der Waals surface area (Å²) in [5.74, 6) is -0.232. The smallest absolute Gasteiger partial charge is 0.336 e. The molecule has 0 saturated carbocycles. The minimum Gasteiger partial charge on any atom is -0.481 e. The number of unbranched alkanes of at least 4 members (excludes halogenated alkanes) is 10. The van der Waals surface area contributed by atoms with Crippen molar-refractivity contribution in [3.63, 3.8) is 0 Å². The van der Waals surface area contributed by atoms with Gasteiger partial charge < -0.3 is 29.6 Å². The number of carbonyl (C=O) groups is 3. The van der Waals surface area contributed by atoms with Crippen LogP contribution in [0.3, 0.4) is 0 Å². The first-order valence-corrected chi connectivity index (χ1v) is 19.6. The van der Waals surface area contributed by atoms with Crippen molar-refractivity contribution in [1.82, 2.24) is 15.1 Å². The number of nitrogens with one attached hydrogen (secondary N) is 2. The summed E-state index contributed by atoms with van der Waals surface area (Å²) >= 11 is 6.71. The molecule has 0 bridgehead atoms. The van der Waals surface area contributed by atoms with Gasteiger partial charge in [-0.25, -0.2) is 4.79 Å². The van der Waals surface area contributed by atoms with Crippen LogP contribution in [0.1, 0.15) is 104 Å². The second-order valence-electron chi connectivity index (χ2n) is 14.1. The Kier molecular flexibility index (Phi) is 16.5. The molecule has 1 aromatic heterocycles.